The number of anilines is 1. The summed E-state index contributed by atoms with van der Waals surface area (Å²) in [6, 6.07) is 5.75. The van der Waals surface area contributed by atoms with Gasteiger partial charge in [0.05, 0.1) is 0 Å². The summed E-state index contributed by atoms with van der Waals surface area (Å²) < 4.78 is 13.9. The van der Waals surface area contributed by atoms with Crippen LogP contribution >= 0.6 is 11.8 Å². The van der Waals surface area contributed by atoms with Crippen LogP contribution < -0.4 is 11.3 Å². The van der Waals surface area contributed by atoms with Crippen LogP contribution in [0.1, 0.15) is 11.1 Å². The molecule has 0 atom stereocenters. The van der Waals surface area contributed by atoms with Crippen molar-refractivity contribution < 1.29 is 9.50 Å². The van der Waals surface area contributed by atoms with Crippen LogP contribution in [0.5, 0.6) is 0 Å². The van der Waals surface area contributed by atoms with Gasteiger partial charge in [-0.3, -0.25) is 4.79 Å². The zero-order chi connectivity index (χ0) is 15.2. The third kappa shape index (κ3) is 4.34. The molecule has 1 aromatic carbocycles. The highest BCUT2D eigenvalue weighted by atomic mass is 32.2. The minimum absolute atomic E-state index is 0.122. The van der Waals surface area contributed by atoms with E-state index in [9.17, 15) is 9.18 Å². The van der Waals surface area contributed by atoms with Gasteiger partial charge in [0.1, 0.15) is 18.2 Å². The Morgan fingerprint density at radius 1 is 1.43 bits per heavy atom. The number of thioether (sulfide) groups is 1. The second-order valence-electron chi connectivity index (χ2n) is 4.03. The van der Waals surface area contributed by atoms with Gasteiger partial charge < -0.3 is 15.8 Å². The summed E-state index contributed by atoms with van der Waals surface area (Å²) >= 11 is 1.18. The summed E-state index contributed by atoms with van der Waals surface area (Å²) in [5.74, 6) is 5.09. The average Bonchev–Trinajstić information content (AvgIpc) is 2.43. The van der Waals surface area contributed by atoms with E-state index >= 15 is 0 Å². The molecule has 1 aromatic heterocycles. The van der Waals surface area contributed by atoms with Crippen molar-refractivity contribution in [2.24, 2.45) is 0 Å². The maximum atomic E-state index is 13.9. The van der Waals surface area contributed by atoms with Crippen molar-refractivity contribution in [2.75, 3.05) is 12.3 Å². The molecule has 108 valence electrons. The second-order valence-corrected chi connectivity index (χ2v) is 4.99. The summed E-state index contributed by atoms with van der Waals surface area (Å²) in [5.41, 5.74) is 6.07. The normalized spacial score (nSPS) is 10.0. The number of nitrogens with zero attached hydrogens (tertiary/aromatic N) is 1. The molecule has 0 saturated heterocycles. The largest absolute Gasteiger partial charge is 0.384 e. The fourth-order valence-electron chi connectivity index (χ4n) is 1.55. The molecule has 2 aromatic rings. The predicted octanol–water partition coefficient (Wildman–Crippen LogP) is 1.13. The van der Waals surface area contributed by atoms with Gasteiger partial charge in [-0.2, -0.15) is 0 Å². The lowest BCUT2D eigenvalue weighted by atomic mass is 10.1. The van der Waals surface area contributed by atoms with Crippen LogP contribution in [-0.2, 0) is 5.75 Å². The number of H-pyrrole nitrogens is 1. The molecule has 0 radical (unpaired) electrons. The number of nitrogen functional groups attached to an aromatic ring is 1. The van der Waals surface area contributed by atoms with Gasteiger partial charge in [-0.05, 0) is 17.7 Å². The lowest BCUT2D eigenvalue weighted by Gasteiger charge is -2.04. The van der Waals surface area contributed by atoms with Crippen molar-refractivity contribution >= 4 is 17.6 Å². The molecule has 2 rings (SSSR count). The average molecular weight is 305 g/mol. The Hall–Kier alpha value is -2.30. The molecular formula is C14H12FN3O2S. The van der Waals surface area contributed by atoms with Gasteiger partial charge in [0.15, 0.2) is 5.16 Å². The van der Waals surface area contributed by atoms with Crippen molar-refractivity contribution in [3.8, 4) is 11.8 Å². The molecule has 0 unspecified atom stereocenters. The number of nitrogens with two attached hydrogens (primary N) is 1. The number of benzene rings is 1. The highest BCUT2D eigenvalue weighted by molar-refractivity contribution is 7.98. The fourth-order valence-corrected chi connectivity index (χ4v) is 2.42. The first-order chi connectivity index (χ1) is 10.1. The van der Waals surface area contributed by atoms with Crippen molar-refractivity contribution in [1.29, 1.82) is 0 Å². The van der Waals surface area contributed by atoms with E-state index in [1.165, 1.54) is 23.9 Å². The van der Waals surface area contributed by atoms with Gasteiger partial charge in [0.25, 0.3) is 5.56 Å². The number of aromatic nitrogens is 2. The summed E-state index contributed by atoms with van der Waals surface area (Å²) in [7, 11) is 0. The standard InChI is InChI=1S/C14H12FN3O2S/c15-11-6-9(2-1-5-19)3-4-10(11)8-21-14-17-12(16)7-13(20)18-14/h3-4,6-7,19H,5,8H2,(H3,16,17,18,20). The maximum absolute atomic E-state index is 13.9. The van der Waals surface area contributed by atoms with Crippen LogP contribution in [0.25, 0.3) is 0 Å². The molecule has 1 heterocycles. The lowest BCUT2D eigenvalue weighted by Crippen LogP contribution is -2.09. The van der Waals surface area contributed by atoms with E-state index in [4.69, 9.17) is 10.8 Å². The summed E-state index contributed by atoms with van der Waals surface area (Å²) in [5, 5.41) is 8.93. The smallest absolute Gasteiger partial charge is 0.253 e. The Balaban J connectivity index is 2.11. The number of hydrogen-bond acceptors (Lipinski definition) is 5. The number of nitrogens with one attached hydrogen (secondary N) is 1. The Kier molecular flexibility index (Phi) is 4.98. The second kappa shape index (κ2) is 6.92. The molecule has 4 N–H and O–H groups in total. The van der Waals surface area contributed by atoms with Gasteiger partial charge in [0.2, 0.25) is 0 Å². The van der Waals surface area contributed by atoms with Crippen LogP contribution in [0.2, 0.25) is 0 Å². The zero-order valence-corrected chi connectivity index (χ0v) is 11.7. The molecule has 0 aliphatic rings. The van der Waals surface area contributed by atoms with E-state index in [1.54, 1.807) is 12.1 Å². The third-order valence-electron chi connectivity index (χ3n) is 2.47. The Morgan fingerprint density at radius 3 is 2.90 bits per heavy atom. The molecular weight excluding hydrogens is 293 g/mol. The van der Waals surface area contributed by atoms with Gasteiger partial charge in [-0.15, -0.1) is 0 Å². The minimum atomic E-state index is -0.404. The van der Waals surface area contributed by atoms with E-state index in [2.05, 4.69) is 21.8 Å². The van der Waals surface area contributed by atoms with E-state index in [0.29, 0.717) is 22.0 Å². The van der Waals surface area contributed by atoms with E-state index < -0.39 is 5.82 Å². The fraction of sp³-hybridized carbons (Fsp3) is 0.143. The van der Waals surface area contributed by atoms with E-state index in [-0.39, 0.29) is 18.0 Å². The van der Waals surface area contributed by atoms with Crippen LogP contribution in [0, 0.1) is 17.7 Å². The first-order valence-electron chi connectivity index (χ1n) is 5.96. The molecule has 21 heavy (non-hydrogen) atoms. The molecule has 0 amide bonds. The number of aromatic amines is 1. The van der Waals surface area contributed by atoms with Crippen LogP contribution in [-0.4, -0.2) is 21.7 Å². The third-order valence-corrected chi connectivity index (χ3v) is 3.39. The van der Waals surface area contributed by atoms with Gasteiger partial charge in [0, 0.05) is 17.4 Å². The quantitative estimate of drug-likeness (QED) is 0.449. The summed E-state index contributed by atoms with van der Waals surface area (Å²) in [6.07, 6.45) is 0. The molecule has 7 heteroatoms. The topological polar surface area (TPSA) is 92.0 Å². The van der Waals surface area contributed by atoms with Crippen LogP contribution in [0.15, 0.2) is 34.2 Å². The van der Waals surface area contributed by atoms with Crippen molar-refractivity contribution in [3.63, 3.8) is 0 Å². The Bertz CT molecular complexity index is 765. The highest BCUT2D eigenvalue weighted by Gasteiger charge is 2.06. The minimum Gasteiger partial charge on any atom is -0.384 e. The number of aliphatic hydroxyl groups is 1. The molecule has 0 fully saturated rings. The van der Waals surface area contributed by atoms with Gasteiger partial charge in [-0.25, -0.2) is 9.37 Å². The van der Waals surface area contributed by atoms with E-state index in [1.807, 2.05) is 0 Å². The molecule has 0 aliphatic heterocycles. The highest BCUT2D eigenvalue weighted by Crippen LogP contribution is 2.21. The Morgan fingerprint density at radius 2 is 2.24 bits per heavy atom. The van der Waals surface area contributed by atoms with Crippen molar-refractivity contribution in [3.05, 3.63) is 51.6 Å². The first kappa shape index (κ1) is 15.1. The molecule has 0 spiro atoms. The molecule has 5 nitrogen and oxygen atoms in total. The van der Waals surface area contributed by atoms with E-state index in [0.717, 1.165) is 0 Å². The number of hydrogen-bond donors (Lipinski definition) is 3. The van der Waals surface area contributed by atoms with Gasteiger partial charge >= 0.3 is 0 Å². The molecule has 0 saturated carbocycles. The number of halogens is 1. The van der Waals surface area contributed by atoms with Crippen molar-refractivity contribution in [2.45, 2.75) is 10.9 Å². The summed E-state index contributed by atoms with van der Waals surface area (Å²) in [4.78, 5) is 17.7. The SMILES string of the molecule is Nc1cc(=O)[nH]c(SCc2ccc(C#CCO)cc2F)n1. The first-order valence-corrected chi connectivity index (χ1v) is 6.95. The van der Waals surface area contributed by atoms with Crippen LogP contribution in [0.3, 0.4) is 0 Å². The monoisotopic (exact) mass is 305 g/mol. The lowest BCUT2D eigenvalue weighted by molar-refractivity contribution is 0.350. The predicted molar refractivity (Wildman–Crippen MR) is 79.2 cm³/mol. The van der Waals surface area contributed by atoms with Crippen molar-refractivity contribution in [1.82, 2.24) is 9.97 Å². The molecule has 0 bridgehead atoms. The van der Waals surface area contributed by atoms with Gasteiger partial charge in [-0.1, -0.05) is 29.7 Å². The maximum Gasteiger partial charge on any atom is 0.253 e. The number of rotatable bonds is 3. The number of aliphatic hydroxyl groups excluding tert-OH is 1. The Labute approximate surface area is 124 Å². The summed E-state index contributed by atoms with van der Waals surface area (Å²) in [6.45, 7) is -0.270. The zero-order valence-electron chi connectivity index (χ0n) is 10.9. The van der Waals surface area contributed by atoms with Crippen LogP contribution in [0.4, 0.5) is 10.2 Å². The molecule has 0 aliphatic carbocycles.